The Labute approximate surface area is 140 Å². The number of carbonyl (C=O) groups is 2. The minimum atomic E-state index is -0.701. The van der Waals surface area contributed by atoms with Crippen molar-refractivity contribution in [1.82, 2.24) is 0 Å². The highest BCUT2D eigenvalue weighted by atomic mass is 16.4. The molecule has 2 aliphatic rings. The van der Waals surface area contributed by atoms with Crippen LogP contribution < -0.4 is 0 Å². The summed E-state index contributed by atoms with van der Waals surface area (Å²) < 4.78 is 0. The van der Waals surface area contributed by atoms with Crippen LogP contribution in [0, 0.1) is 28.6 Å². The molecule has 0 saturated heterocycles. The molecule has 3 heteroatoms. The smallest absolute Gasteiger partial charge is 0.303 e. The highest BCUT2D eigenvalue weighted by molar-refractivity contribution is 5.76. The Morgan fingerprint density at radius 2 is 2.13 bits per heavy atom. The van der Waals surface area contributed by atoms with Crippen molar-refractivity contribution < 1.29 is 14.7 Å². The molecule has 3 nitrogen and oxygen atoms in total. The molecule has 5 atom stereocenters. The Hall–Kier alpha value is -1.12. The molecular weight excluding hydrogens is 288 g/mol. The van der Waals surface area contributed by atoms with Gasteiger partial charge in [-0.1, -0.05) is 33.8 Å². The number of carboxylic acid groups (broad SMARTS) is 1. The number of allylic oxidation sites excluding steroid dienone is 2. The average molecular weight is 320 g/mol. The van der Waals surface area contributed by atoms with Crippen LogP contribution in [-0.2, 0) is 9.59 Å². The third-order valence-electron chi connectivity index (χ3n) is 7.09. The van der Waals surface area contributed by atoms with Gasteiger partial charge in [0.05, 0.1) is 0 Å². The van der Waals surface area contributed by atoms with Crippen LogP contribution in [0.4, 0.5) is 0 Å². The van der Waals surface area contributed by atoms with E-state index in [9.17, 15) is 9.59 Å². The molecular formula is C20H32O3. The van der Waals surface area contributed by atoms with Crippen molar-refractivity contribution >= 4 is 12.3 Å². The molecule has 0 bridgehead atoms. The van der Waals surface area contributed by atoms with Gasteiger partial charge in [-0.2, -0.15) is 0 Å². The number of aldehydes is 1. The maximum atomic E-state index is 11.6. The maximum absolute atomic E-state index is 11.6. The summed E-state index contributed by atoms with van der Waals surface area (Å²) in [5.74, 6) is 0.673. The minimum Gasteiger partial charge on any atom is -0.481 e. The van der Waals surface area contributed by atoms with E-state index >= 15 is 0 Å². The fourth-order valence-electron chi connectivity index (χ4n) is 5.28. The predicted octanol–water partition coefficient (Wildman–Crippen LogP) is 4.86. The van der Waals surface area contributed by atoms with E-state index in [1.54, 1.807) is 0 Å². The Bertz CT molecular complexity index is 495. The van der Waals surface area contributed by atoms with Crippen LogP contribution in [-0.4, -0.2) is 17.4 Å². The van der Waals surface area contributed by atoms with Crippen LogP contribution in [0.25, 0.3) is 0 Å². The second-order valence-corrected chi connectivity index (χ2v) is 8.51. The molecule has 1 saturated carbocycles. The summed E-state index contributed by atoms with van der Waals surface area (Å²) in [5.41, 5.74) is 1.21. The molecule has 0 radical (unpaired) electrons. The summed E-state index contributed by atoms with van der Waals surface area (Å²) in [6.45, 7) is 9.06. The number of fused-ring (bicyclic) bond motifs is 1. The molecule has 0 spiro atoms. The van der Waals surface area contributed by atoms with Gasteiger partial charge in [-0.05, 0) is 72.7 Å². The van der Waals surface area contributed by atoms with Gasteiger partial charge >= 0.3 is 5.97 Å². The first kappa shape index (κ1) is 18.2. The summed E-state index contributed by atoms with van der Waals surface area (Å²) >= 11 is 0. The Morgan fingerprint density at radius 3 is 2.74 bits per heavy atom. The molecule has 0 aromatic heterocycles. The summed E-state index contributed by atoms with van der Waals surface area (Å²) in [4.78, 5) is 22.5. The lowest BCUT2D eigenvalue weighted by molar-refractivity contribution is -0.138. The van der Waals surface area contributed by atoms with Gasteiger partial charge in [-0.15, -0.1) is 0 Å². The molecule has 0 aliphatic heterocycles. The first-order valence-electron chi connectivity index (χ1n) is 9.11. The van der Waals surface area contributed by atoms with Crippen LogP contribution in [0.5, 0.6) is 0 Å². The van der Waals surface area contributed by atoms with Crippen molar-refractivity contribution in [2.75, 3.05) is 0 Å². The van der Waals surface area contributed by atoms with Crippen molar-refractivity contribution in [3.05, 3.63) is 11.6 Å². The molecule has 130 valence electrons. The Balaban J connectivity index is 2.19. The van der Waals surface area contributed by atoms with Crippen molar-refractivity contribution in [3.8, 4) is 0 Å². The van der Waals surface area contributed by atoms with Gasteiger partial charge in [-0.25, -0.2) is 0 Å². The Kier molecular flexibility index (Phi) is 5.37. The zero-order valence-corrected chi connectivity index (χ0v) is 15.1. The van der Waals surface area contributed by atoms with Gasteiger partial charge in [0.25, 0.3) is 0 Å². The van der Waals surface area contributed by atoms with Gasteiger partial charge in [-0.3, -0.25) is 9.59 Å². The lowest BCUT2D eigenvalue weighted by atomic mass is 9.47. The van der Waals surface area contributed by atoms with Gasteiger partial charge in [0, 0.05) is 6.42 Å². The van der Waals surface area contributed by atoms with Gasteiger partial charge in [0.1, 0.15) is 6.29 Å². The van der Waals surface area contributed by atoms with Crippen molar-refractivity contribution in [2.45, 2.75) is 72.6 Å². The number of hydrogen-bond donors (Lipinski definition) is 1. The lowest BCUT2D eigenvalue weighted by Gasteiger charge is -2.57. The van der Waals surface area contributed by atoms with Crippen molar-refractivity contribution in [2.24, 2.45) is 28.6 Å². The standard InChI is InChI=1S/C20H32O3/c1-14(12-18(22)23)8-10-19(3)15(2)9-11-20(4)16(13-21)6-5-7-17(19)20/h6,13-15,17H,5,7-12H2,1-4H3,(H,22,23)/t14?,15?,17?,19-,20-/m0/s1. The van der Waals surface area contributed by atoms with Crippen LogP contribution in [0.2, 0.25) is 0 Å². The normalized spacial score (nSPS) is 38.3. The highest BCUT2D eigenvalue weighted by Crippen LogP contribution is 2.61. The number of rotatable bonds is 6. The molecule has 0 aromatic rings. The van der Waals surface area contributed by atoms with Crippen LogP contribution in [0.3, 0.4) is 0 Å². The van der Waals surface area contributed by atoms with Crippen LogP contribution in [0.1, 0.15) is 72.6 Å². The molecule has 2 rings (SSSR count). The van der Waals surface area contributed by atoms with E-state index in [4.69, 9.17) is 5.11 Å². The molecule has 0 aromatic carbocycles. The lowest BCUT2D eigenvalue weighted by Crippen LogP contribution is -2.50. The second-order valence-electron chi connectivity index (χ2n) is 8.51. The van der Waals surface area contributed by atoms with Gasteiger partial charge < -0.3 is 5.11 Å². The molecule has 1 N–H and O–H groups in total. The number of aliphatic carboxylic acids is 1. The zero-order chi connectivity index (χ0) is 17.3. The monoisotopic (exact) mass is 320 g/mol. The van der Waals surface area contributed by atoms with E-state index in [-0.39, 0.29) is 23.2 Å². The molecule has 0 amide bonds. The number of hydrogen-bond acceptors (Lipinski definition) is 2. The molecule has 2 aliphatic carbocycles. The predicted molar refractivity (Wildman–Crippen MR) is 92.1 cm³/mol. The second kappa shape index (κ2) is 6.78. The summed E-state index contributed by atoms with van der Waals surface area (Å²) in [7, 11) is 0. The fraction of sp³-hybridized carbons (Fsp3) is 0.800. The van der Waals surface area contributed by atoms with E-state index < -0.39 is 5.97 Å². The zero-order valence-electron chi connectivity index (χ0n) is 15.1. The van der Waals surface area contributed by atoms with E-state index in [0.717, 1.165) is 50.4 Å². The van der Waals surface area contributed by atoms with E-state index in [2.05, 4.69) is 26.8 Å². The topological polar surface area (TPSA) is 54.4 Å². The quantitative estimate of drug-likeness (QED) is 0.711. The third-order valence-corrected chi connectivity index (χ3v) is 7.09. The molecule has 0 heterocycles. The molecule has 3 unspecified atom stereocenters. The summed E-state index contributed by atoms with van der Waals surface area (Å²) in [6.07, 6.45) is 9.91. The van der Waals surface area contributed by atoms with Gasteiger partial charge in [0.15, 0.2) is 0 Å². The molecule has 1 fully saturated rings. The largest absolute Gasteiger partial charge is 0.481 e. The fourth-order valence-corrected chi connectivity index (χ4v) is 5.28. The first-order chi connectivity index (χ1) is 10.7. The van der Waals surface area contributed by atoms with Crippen LogP contribution in [0.15, 0.2) is 11.6 Å². The van der Waals surface area contributed by atoms with Crippen molar-refractivity contribution in [1.29, 1.82) is 0 Å². The summed E-state index contributed by atoms with van der Waals surface area (Å²) in [5, 5.41) is 8.99. The van der Waals surface area contributed by atoms with Gasteiger partial charge in [0.2, 0.25) is 0 Å². The summed E-state index contributed by atoms with van der Waals surface area (Å²) in [6, 6.07) is 0. The third kappa shape index (κ3) is 3.39. The van der Waals surface area contributed by atoms with E-state index in [0.29, 0.717) is 11.8 Å². The average Bonchev–Trinajstić information content (AvgIpc) is 2.48. The van der Waals surface area contributed by atoms with Crippen LogP contribution >= 0.6 is 0 Å². The SMILES string of the molecule is CC(CC[C@@]1(C)C(C)CC[C@@]2(C)C(C=O)=CCCC12)CC(=O)O. The molecule has 23 heavy (non-hydrogen) atoms. The van der Waals surface area contributed by atoms with E-state index in [1.807, 2.05) is 6.92 Å². The highest BCUT2D eigenvalue weighted by Gasteiger charge is 2.53. The number of carbonyl (C=O) groups excluding carboxylic acids is 1. The first-order valence-corrected chi connectivity index (χ1v) is 9.11. The Morgan fingerprint density at radius 1 is 1.43 bits per heavy atom. The minimum absolute atomic E-state index is 0.0112. The van der Waals surface area contributed by atoms with Crippen molar-refractivity contribution in [3.63, 3.8) is 0 Å². The number of carboxylic acids is 1. The maximum Gasteiger partial charge on any atom is 0.303 e. The van der Waals surface area contributed by atoms with E-state index in [1.165, 1.54) is 0 Å².